The van der Waals surface area contributed by atoms with Crippen molar-refractivity contribution in [2.45, 2.75) is 6.92 Å². The highest BCUT2D eigenvalue weighted by atomic mass is 79.9. The van der Waals surface area contributed by atoms with Crippen molar-refractivity contribution >= 4 is 27.3 Å². The van der Waals surface area contributed by atoms with E-state index in [2.05, 4.69) is 27.2 Å². The quantitative estimate of drug-likeness (QED) is 0.521. The molecule has 0 unspecified atom stereocenters. The third-order valence-electron chi connectivity index (χ3n) is 1.86. The van der Waals surface area contributed by atoms with E-state index in [4.69, 9.17) is 6.42 Å². The van der Waals surface area contributed by atoms with Gasteiger partial charge in [-0.2, -0.15) is 0 Å². The van der Waals surface area contributed by atoms with Gasteiger partial charge in [0.25, 0.3) is 5.69 Å². The van der Waals surface area contributed by atoms with Crippen LogP contribution < -0.4 is 5.32 Å². The average molecular weight is 269 g/mol. The van der Waals surface area contributed by atoms with Gasteiger partial charge in [-0.05, 0) is 28.9 Å². The van der Waals surface area contributed by atoms with Gasteiger partial charge in [0, 0.05) is 16.1 Å². The maximum absolute atomic E-state index is 10.7. The molecule has 1 aromatic carbocycles. The maximum Gasteiger partial charge on any atom is 0.274 e. The lowest BCUT2D eigenvalue weighted by Gasteiger charge is -2.06. The Morgan fingerprint density at radius 1 is 1.67 bits per heavy atom. The van der Waals surface area contributed by atoms with E-state index in [1.807, 2.05) is 0 Å². The van der Waals surface area contributed by atoms with Crippen molar-refractivity contribution in [2.75, 3.05) is 11.9 Å². The first-order valence-electron chi connectivity index (χ1n) is 4.18. The molecule has 0 aliphatic rings. The number of halogens is 1. The monoisotopic (exact) mass is 268 g/mol. The number of nitro benzene ring substituents is 1. The molecule has 0 spiro atoms. The fourth-order valence-electron chi connectivity index (χ4n) is 1.14. The van der Waals surface area contributed by atoms with Gasteiger partial charge in [0.05, 0.1) is 17.2 Å². The molecule has 1 aromatic rings. The summed E-state index contributed by atoms with van der Waals surface area (Å²) < 4.78 is 0.765. The first kappa shape index (κ1) is 11.5. The Labute approximate surface area is 96.0 Å². The van der Waals surface area contributed by atoms with Crippen LogP contribution in [-0.2, 0) is 0 Å². The lowest BCUT2D eigenvalue weighted by molar-refractivity contribution is -0.385. The Morgan fingerprint density at radius 3 is 2.87 bits per heavy atom. The largest absolute Gasteiger partial charge is 0.373 e. The minimum Gasteiger partial charge on any atom is -0.373 e. The second-order valence-electron chi connectivity index (χ2n) is 2.93. The van der Waals surface area contributed by atoms with E-state index in [-0.39, 0.29) is 5.69 Å². The summed E-state index contributed by atoms with van der Waals surface area (Å²) in [5, 5.41) is 13.6. The Balaban J connectivity index is 3.13. The molecule has 0 radical (unpaired) electrons. The Hall–Kier alpha value is -1.54. The van der Waals surface area contributed by atoms with Gasteiger partial charge >= 0.3 is 0 Å². The number of nitro groups is 1. The Kier molecular flexibility index (Phi) is 3.69. The van der Waals surface area contributed by atoms with Gasteiger partial charge in [0.15, 0.2) is 0 Å². The topological polar surface area (TPSA) is 55.2 Å². The summed E-state index contributed by atoms with van der Waals surface area (Å²) in [5.41, 5.74) is 1.32. The minimum atomic E-state index is -0.414. The number of hydrogen-bond donors (Lipinski definition) is 1. The van der Waals surface area contributed by atoms with Crippen molar-refractivity contribution in [3.63, 3.8) is 0 Å². The van der Waals surface area contributed by atoms with E-state index in [9.17, 15) is 10.1 Å². The van der Waals surface area contributed by atoms with E-state index in [0.29, 0.717) is 17.8 Å². The number of anilines is 1. The van der Waals surface area contributed by atoms with E-state index >= 15 is 0 Å². The molecule has 1 rings (SSSR count). The van der Waals surface area contributed by atoms with Gasteiger partial charge in [0.2, 0.25) is 0 Å². The zero-order chi connectivity index (χ0) is 11.4. The van der Waals surface area contributed by atoms with Gasteiger partial charge in [-0.3, -0.25) is 10.1 Å². The third kappa shape index (κ3) is 2.70. The van der Waals surface area contributed by atoms with Crippen LogP contribution in [0.3, 0.4) is 0 Å². The number of benzene rings is 1. The SMILES string of the molecule is C#CCNc1cc([N+](=O)[O-])c(C)cc1Br. The summed E-state index contributed by atoms with van der Waals surface area (Å²) in [4.78, 5) is 10.3. The number of rotatable bonds is 3. The van der Waals surface area contributed by atoms with Crippen molar-refractivity contribution in [1.29, 1.82) is 0 Å². The molecule has 0 aliphatic heterocycles. The second-order valence-corrected chi connectivity index (χ2v) is 3.79. The lowest BCUT2D eigenvalue weighted by atomic mass is 10.2. The van der Waals surface area contributed by atoms with Gasteiger partial charge < -0.3 is 5.32 Å². The molecule has 15 heavy (non-hydrogen) atoms. The first-order valence-corrected chi connectivity index (χ1v) is 4.97. The van der Waals surface area contributed by atoms with Crippen LogP contribution in [0.2, 0.25) is 0 Å². The summed E-state index contributed by atoms with van der Waals surface area (Å²) >= 11 is 3.31. The first-order chi connectivity index (χ1) is 7.06. The summed E-state index contributed by atoms with van der Waals surface area (Å²) in [7, 11) is 0. The molecule has 0 saturated carbocycles. The normalized spacial score (nSPS) is 9.40. The molecule has 78 valence electrons. The van der Waals surface area contributed by atoms with Gasteiger partial charge in [-0.25, -0.2) is 0 Å². The zero-order valence-corrected chi connectivity index (χ0v) is 9.67. The van der Waals surface area contributed by atoms with E-state index < -0.39 is 4.92 Å². The molecule has 0 saturated heterocycles. The van der Waals surface area contributed by atoms with Crippen molar-refractivity contribution in [1.82, 2.24) is 0 Å². The molecule has 0 fully saturated rings. The molecular weight excluding hydrogens is 260 g/mol. The number of hydrogen-bond acceptors (Lipinski definition) is 3. The highest BCUT2D eigenvalue weighted by molar-refractivity contribution is 9.10. The van der Waals surface area contributed by atoms with Crippen LogP contribution in [0, 0.1) is 29.4 Å². The zero-order valence-electron chi connectivity index (χ0n) is 8.08. The number of terminal acetylenes is 1. The standard InChI is InChI=1S/C10H9BrN2O2/c1-3-4-12-9-6-10(13(14)15)7(2)5-8(9)11/h1,5-6,12H,4H2,2H3. The van der Waals surface area contributed by atoms with Crippen LogP contribution in [0.15, 0.2) is 16.6 Å². The van der Waals surface area contributed by atoms with E-state index in [0.717, 1.165) is 4.47 Å². The van der Waals surface area contributed by atoms with E-state index in [1.165, 1.54) is 6.07 Å². The second kappa shape index (κ2) is 4.80. The highest BCUT2D eigenvalue weighted by Gasteiger charge is 2.13. The molecular formula is C10H9BrN2O2. The van der Waals surface area contributed by atoms with Crippen LogP contribution in [0.1, 0.15) is 5.56 Å². The van der Waals surface area contributed by atoms with E-state index in [1.54, 1.807) is 13.0 Å². The van der Waals surface area contributed by atoms with Crippen LogP contribution in [0.4, 0.5) is 11.4 Å². The Bertz CT molecular complexity index is 438. The molecule has 0 aromatic heterocycles. The lowest BCUT2D eigenvalue weighted by Crippen LogP contribution is -2.01. The fourth-order valence-corrected chi connectivity index (χ4v) is 1.74. The van der Waals surface area contributed by atoms with Crippen LogP contribution in [-0.4, -0.2) is 11.5 Å². The van der Waals surface area contributed by atoms with Crippen molar-refractivity contribution in [3.05, 3.63) is 32.3 Å². The van der Waals surface area contributed by atoms with Crippen LogP contribution in [0.5, 0.6) is 0 Å². The molecule has 1 N–H and O–H groups in total. The maximum atomic E-state index is 10.7. The smallest absolute Gasteiger partial charge is 0.274 e. The van der Waals surface area contributed by atoms with Crippen molar-refractivity contribution < 1.29 is 4.92 Å². The van der Waals surface area contributed by atoms with Crippen LogP contribution >= 0.6 is 15.9 Å². The molecule has 0 aliphatic carbocycles. The minimum absolute atomic E-state index is 0.0812. The van der Waals surface area contributed by atoms with Crippen molar-refractivity contribution in [2.24, 2.45) is 0 Å². The number of nitrogens with zero attached hydrogens (tertiary/aromatic N) is 1. The summed E-state index contributed by atoms with van der Waals surface area (Å²) in [5.74, 6) is 2.40. The predicted octanol–water partition coefficient (Wildman–Crippen LogP) is 2.71. The van der Waals surface area contributed by atoms with Gasteiger partial charge in [-0.1, -0.05) is 5.92 Å². The molecule has 0 amide bonds. The molecule has 0 bridgehead atoms. The predicted molar refractivity (Wildman–Crippen MR) is 62.9 cm³/mol. The van der Waals surface area contributed by atoms with Gasteiger partial charge in [-0.15, -0.1) is 6.42 Å². The highest BCUT2D eigenvalue weighted by Crippen LogP contribution is 2.30. The average Bonchev–Trinajstić information content (AvgIpc) is 2.16. The summed E-state index contributed by atoms with van der Waals surface area (Å²) in [6, 6.07) is 3.16. The molecule has 0 atom stereocenters. The third-order valence-corrected chi connectivity index (χ3v) is 2.52. The summed E-state index contributed by atoms with van der Waals surface area (Å²) in [6.45, 7) is 2.02. The molecule has 5 heteroatoms. The number of aryl methyl sites for hydroxylation is 1. The van der Waals surface area contributed by atoms with Crippen LogP contribution in [0.25, 0.3) is 0 Å². The fraction of sp³-hybridized carbons (Fsp3) is 0.200. The van der Waals surface area contributed by atoms with Gasteiger partial charge in [0.1, 0.15) is 0 Å². The van der Waals surface area contributed by atoms with Crippen molar-refractivity contribution in [3.8, 4) is 12.3 Å². The summed E-state index contributed by atoms with van der Waals surface area (Å²) in [6.07, 6.45) is 5.09. The number of nitrogens with one attached hydrogen (secondary N) is 1. The Morgan fingerprint density at radius 2 is 2.33 bits per heavy atom. The molecule has 4 nitrogen and oxygen atoms in total. The molecule has 0 heterocycles.